The Balaban J connectivity index is 2.50. The molecule has 0 N–H and O–H groups in total. The zero-order valence-corrected chi connectivity index (χ0v) is 7.21. The fourth-order valence-corrected chi connectivity index (χ4v) is 1.01. The Kier molecular flexibility index (Phi) is 3.22. The molecule has 0 aliphatic rings. The van der Waals surface area contributed by atoms with E-state index in [-0.39, 0.29) is 6.42 Å². The summed E-state index contributed by atoms with van der Waals surface area (Å²) in [5.41, 5.74) is 0.550. The van der Waals surface area contributed by atoms with Crippen LogP contribution in [0.15, 0.2) is 24.5 Å². The van der Waals surface area contributed by atoms with Crippen molar-refractivity contribution in [3.05, 3.63) is 30.1 Å². The fourth-order valence-electron chi connectivity index (χ4n) is 1.01. The molecule has 76 valence electrons. The summed E-state index contributed by atoms with van der Waals surface area (Å²) in [5, 5.41) is 0. The maximum Gasteiger partial charge on any atom is 0.395 e. The molecule has 1 heterocycles. The van der Waals surface area contributed by atoms with Crippen LogP contribution in [0.2, 0.25) is 0 Å². The fraction of sp³-hybridized carbons (Fsp3) is 0.333. The predicted molar refractivity (Wildman–Crippen MR) is 43.6 cm³/mol. The third kappa shape index (κ3) is 4.02. The first-order chi connectivity index (χ1) is 6.47. The van der Waals surface area contributed by atoms with Crippen molar-refractivity contribution in [3.63, 3.8) is 0 Å². The van der Waals surface area contributed by atoms with Crippen LogP contribution in [0.3, 0.4) is 0 Å². The number of rotatable bonds is 3. The van der Waals surface area contributed by atoms with Crippen LogP contribution in [0.4, 0.5) is 13.2 Å². The molecule has 5 heteroatoms. The Morgan fingerprint density at radius 1 is 1.29 bits per heavy atom. The van der Waals surface area contributed by atoms with E-state index in [2.05, 4.69) is 4.98 Å². The molecule has 0 aromatic carbocycles. The number of aromatic nitrogens is 1. The molecule has 0 radical (unpaired) electrons. The van der Waals surface area contributed by atoms with E-state index in [0.717, 1.165) is 0 Å². The monoisotopic (exact) mass is 203 g/mol. The molecule has 0 aliphatic carbocycles. The topological polar surface area (TPSA) is 30.0 Å². The van der Waals surface area contributed by atoms with Crippen molar-refractivity contribution in [2.45, 2.75) is 19.0 Å². The van der Waals surface area contributed by atoms with Crippen LogP contribution in [0.25, 0.3) is 0 Å². The lowest BCUT2D eigenvalue weighted by molar-refractivity contribution is -0.151. The number of carbonyl (C=O) groups excluding carboxylic acids is 1. The number of hydrogen-bond acceptors (Lipinski definition) is 2. The molecular formula is C9H8F3NO. The highest BCUT2D eigenvalue weighted by Crippen LogP contribution is 2.20. The van der Waals surface area contributed by atoms with Crippen LogP contribution in [-0.4, -0.2) is 16.9 Å². The van der Waals surface area contributed by atoms with Gasteiger partial charge in [-0.05, 0) is 17.7 Å². The third-order valence-electron chi connectivity index (χ3n) is 1.55. The van der Waals surface area contributed by atoms with Crippen molar-refractivity contribution in [2.75, 3.05) is 0 Å². The minimum absolute atomic E-state index is 0.192. The second kappa shape index (κ2) is 4.21. The van der Waals surface area contributed by atoms with E-state index in [1.807, 2.05) is 0 Å². The molecule has 0 bridgehead atoms. The molecule has 0 saturated heterocycles. The average molecular weight is 203 g/mol. The van der Waals surface area contributed by atoms with Gasteiger partial charge in [0.25, 0.3) is 0 Å². The summed E-state index contributed by atoms with van der Waals surface area (Å²) in [6, 6.07) is 3.04. The quantitative estimate of drug-likeness (QED) is 0.753. The summed E-state index contributed by atoms with van der Waals surface area (Å²) in [7, 11) is 0. The smallest absolute Gasteiger partial charge is 0.299 e. The van der Waals surface area contributed by atoms with Crippen molar-refractivity contribution in [1.29, 1.82) is 0 Å². The lowest BCUT2D eigenvalue weighted by atomic mass is 10.1. The minimum Gasteiger partial charge on any atom is -0.299 e. The summed E-state index contributed by atoms with van der Waals surface area (Å²) >= 11 is 0. The van der Waals surface area contributed by atoms with Gasteiger partial charge in [0.15, 0.2) is 0 Å². The van der Waals surface area contributed by atoms with E-state index in [1.165, 1.54) is 24.5 Å². The molecule has 0 amide bonds. The van der Waals surface area contributed by atoms with Gasteiger partial charge >= 0.3 is 6.18 Å². The first-order valence-corrected chi connectivity index (χ1v) is 3.95. The zero-order valence-electron chi connectivity index (χ0n) is 7.21. The average Bonchev–Trinajstić information content (AvgIpc) is 2.02. The van der Waals surface area contributed by atoms with Crippen molar-refractivity contribution in [3.8, 4) is 0 Å². The van der Waals surface area contributed by atoms with Crippen LogP contribution in [0, 0.1) is 0 Å². The lowest BCUT2D eigenvalue weighted by Gasteiger charge is -2.04. The zero-order chi connectivity index (χ0) is 10.6. The SMILES string of the molecule is O=C(Cc1ccncc1)CC(F)(F)F. The van der Waals surface area contributed by atoms with Gasteiger partial charge in [-0.15, -0.1) is 0 Å². The van der Waals surface area contributed by atoms with Crippen LogP contribution < -0.4 is 0 Å². The summed E-state index contributed by atoms with van der Waals surface area (Å²) < 4.78 is 35.3. The molecule has 0 saturated carbocycles. The molecule has 0 spiro atoms. The highest BCUT2D eigenvalue weighted by atomic mass is 19.4. The molecule has 1 aromatic heterocycles. The molecule has 2 nitrogen and oxygen atoms in total. The Morgan fingerprint density at radius 2 is 1.86 bits per heavy atom. The largest absolute Gasteiger partial charge is 0.395 e. The van der Waals surface area contributed by atoms with Gasteiger partial charge in [0.2, 0.25) is 0 Å². The second-order valence-electron chi connectivity index (χ2n) is 2.86. The van der Waals surface area contributed by atoms with Gasteiger partial charge in [-0.2, -0.15) is 13.2 Å². The van der Waals surface area contributed by atoms with Gasteiger partial charge < -0.3 is 0 Å². The molecule has 0 fully saturated rings. The second-order valence-corrected chi connectivity index (χ2v) is 2.86. The van der Waals surface area contributed by atoms with Crippen molar-refractivity contribution < 1.29 is 18.0 Å². The number of nitrogens with zero attached hydrogens (tertiary/aromatic N) is 1. The van der Waals surface area contributed by atoms with E-state index in [1.54, 1.807) is 0 Å². The van der Waals surface area contributed by atoms with Gasteiger partial charge in [-0.1, -0.05) is 0 Å². The van der Waals surface area contributed by atoms with Gasteiger partial charge in [-0.3, -0.25) is 9.78 Å². The molecule has 0 atom stereocenters. The summed E-state index contributed by atoms with van der Waals surface area (Å²) in [5.74, 6) is -0.830. The maximum atomic E-state index is 11.8. The number of hydrogen-bond donors (Lipinski definition) is 0. The van der Waals surface area contributed by atoms with E-state index in [4.69, 9.17) is 0 Å². The first kappa shape index (κ1) is 10.7. The predicted octanol–water partition coefficient (Wildman–Crippen LogP) is 2.15. The van der Waals surface area contributed by atoms with E-state index < -0.39 is 18.4 Å². The van der Waals surface area contributed by atoms with Crippen LogP contribution >= 0.6 is 0 Å². The van der Waals surface area contributed by atoms with Crippen LogP contribution in [0.5, 0.6) is 0 Å². The molecular weight excluding hydrogens is 195 g/mol. The molecule has 0 unspecified atom stereocenters. The van der Waals surface area contributed by atoms with Crippen LogP contribution in [-0.2, 0) is 11.2 Å². The Morgan fingerprint density at radius 3 is 2.36 bits per heavy atom. The standard InChI is InChI=1S/C9H8F3NO/c10-9(11,12)6-8(14)5-7-1-3-13-4-2-7/h1-4H,5-6H2. The number of alkyl halides is 3. The highest BCUT2D eigenvalue weighted by Gasteiger charge is 2.30. The first-order valence-electron chi connectivity index (χ1n) is 3.95. The van der Waals surface area contributed by atoms with Gasteiger partial charge in [-0.25, -0.2) is 0 Å². The number of Topliss-reactive ketones (excluding diaryl/α,β-unsaturated/α-hetero) is 1. The number of halogens is 3. The number of pyridine rings is 1. The molecule has 14 heavy (non-hydrogen) atoms. The van der Waals surface area contributed by atoms with E-state index in [9.17, 15) is 18.0 Å². The Labute approximate surface area is 78.8 Å². The van der Waals surface area contributed by atoms with Gasteiger partial charge in [0.1, 0.15) is 12.2 Å². The van der Waals surface area contributed by atoms with Gasteiger partial charge in [0.05, 0.1) is 0 Å². The maximum absolute atomic E-state index is 11.8. The number of carbonyl (C=O) groups is 1. The summed E-state index contributed by atoms with van der Waals surface area (Å²) in [6.45, 7) is 0. The van der Waals surface area contributed by atoms with E-state index >= 15 is 0 Å². The Bertz CT molecular complexity index is 308. The highest BCUT2D eigenvalue weighted by molar-refractivity contribution is 5.81. The Hall–Kier alpha value is -1.39. The summed E-state index contributed by atoms with van der Waals surface area (Å²) in [6.07, 6.45) is -3.09. The van der Waals surface area contributed by atoms with Crippen molar-refractivity contribution in [2.24, 2.45) is 0 Å². The minimum atomic E-state index is -4.41. The molecule has 1 aromatic rings. The normalized spacial score (nSPS) is 11.4. The molecule has 1 rings (SSSR count). The lowest BCUT2D eigenvalue weighted by Crippen LogP contribution is -2.16. The van der Waals surface area contributed by atoms with Crippen molar-refractivity contribution in [1.82, 2.24) is 4.98 Å². The molecule has 0 aliphatic heterocycles. The van der Waals surface area contributed by atoms with Crippen LogP contribution in [0.1, 0.15) is 12.0 Å². The van der Waals surface area contributed by atoms with E-state index in [0.29, 0.717) is 5.56 Å². The summed E-state index contributed by atoms with van der Waals surface area (Å²) in [4.78, 5) is 14.6. The van der Waals surface area contributed by atoms with Gasteiger partial charge in [0, 0.05) is 18.8 Å². The van der Waals surface area contributed by atoms with Crippen molar-refractivity contribution >= 4 is 5.78 Å². The third-order valence-corrected chi connectivity index (χ3v) is 1.55. The number of ketones is 1.